The maximum Gasteiger partial charge on any atom is 0.243 e. The maximum absolute atomic E-state index is 13.5. The van der Waals surface area contributed by atoms with E-state index in [2.05, 4.69) is 19.9 Å². The van der Waals surface area contributed by atoms with Crippen molar-refractivity contribution in [3.8, 4) is 0 Å². The lowest BCUT2D eigenvalue weighted by atomic mass is 10.3. The van der Waals surface area contributed by atoms with Gasteiger partial charge in [-0.3, -0.25) is 5.10 Å². The molecule has 0 saturated heterocycles. The Morgan fingerprint density at radius 3 is 2.75 bits per heavy atom. The minimum absolute atomic E-state index is 0.0482. The molecule has 2 aromatic rings. The van der Waals surface area contributed by atoms with E-state index in [0.717, 1.165) is 6.07 Å². The highest BCUT2D eigenvalue weighted by atomic mass is 32.2. The molecular weight excluding hydrogens is 292 g/mol. The van der Waals surface area contributed by atoms with Crippen molar-refractivity contribution in [2.75, 3.05) is 12.3 Å². The molecule has 0 aliphatic rings. The zero-order chi connectivity index (χ0) is 14.8. The number of nitrogens with two attached hydrogens (primary N) is 1. The normalized spacial score (nSPS) is 11.7. The molecule has 4 N–H and O–H groups in total. The molecule has 0 bridgehead atoms. The van der Waals surface area contributed by atoms with Crippen LogP contribution in [0.3, 0.4) is 0 Å². The average Bonchev–Trinajstić information content (AvgIpc) is 2.86. The Labute approximate surface area is 113 Å². The van der Waals surface area contributed by atoms with Crippen LogP contribution in [0.5, 0.6) is 0 Å². The van der Waals surface area contributed by atoms with E-state index >= 15 is 0 Å². The summed E-state index contributed by atoms with van der Waals surface area (Å²) >= 11 is 0. The molecule has 1 aromatic heterocycles. The number of sulfonamides is 1. The number of aromatic amines is 1. The molecule has 108 valence electrons. The van der Waals surface area contributed by atoms with Crippen LogP contribution in [-0.4, -0.2) is 30.1 Å². The van der Waals surface area contributed by atoms with Gasteiger partial charge < -0.3 is 5.73 Å². The predicted octanol–water partition coefficient (Wildman–Crippen LogP) is 0.186. The van der Waals surface area contributed by atoms with Crippen LogP contribution in [0.15, 0.2) is 23.4 Å². The number of halogens is 2. The van der Waals surface area contributed by atoms with E-state index in [0.29, 0.717) is 11.9 Å². The first-order chi connectivity index (χ1) is 9.40. The summed E-state index contributed by atoms with van der Waals surface area (Å²) in [4.78, 5) is 2.97. The number of hydrogen-bond acceptors (Lipinski definition) is 5. The van der Waals surface area contributed by atoms with Crippen molar-refractivity contribution in [1.29, 1.82) is 0 Å². The first-order valence-electron chi connectivity index (χ1n) is 5.48. The van der Waals surface area contributed by atoms with Crippen molar-refractivity contribution in [3.05, 3.63) is 35.9 Å². The summed E-state index contributed by atoms with van der Waals surface area (Å²) < 4.78 is 52.5. The topological polar surface area (TPSA) is 114 Å². The fourth-order valence-corrected chi connectivity index (χ4v) is 2.66. The summed E-state index contributed by atoms with van der Waals surface area (Å²) in [5.41, 5.74) is 5.13. The Hall–Kier alpha value is -2.07. The fourth-order valence-electron chi connectivity index (χ4n) is 1.51. The van der Waals surface area contributed by atoms with Crippen LogP contribution in [-0.2, 0) is 16.4 Å². The SMILES string of the molecule is Nc1cc(F)c(F)c(S(=O)(=O)NCCc2ncn[nH]2)c1. The highest BCUT2D eigenvalue weighted by molar-refractivity contribution is 7.89. The van der Waals surface area contributed by atoms with Crippen molar-refractivity contribution in [2.24, 2.45) is 0 Å². The number of nitrogen functional groups attached to an aromatic ring is 1. The minimum atomic E-state index is -4.20. The molecule has 0 spiro atoms. The predicted molar refractivity (Wildman–Crippen MR) is 66.0 cm³/mol. The van der Waals surface area contributed by atoms with Gasteiger partial charge in [0.15, 0.2) is 11.6 Å². The Kier molecular flexibility index (Phi) is 3.95. The molecule has 20 heavy (non-hydrogen) atoms. The largest absolute Gasteiger partial charge is 0.399 e. The van der Waals surface area contributed by atoms with Crippen LogP contribution in [0.25, 0.3) is 0 Å². The zero-order valence-corrected chi connectivity index (χ0v) is 10.9. The van der Waals surface area contributed by atoms with Crippen molar-refractivity contribution >= 4 is 15.7 Å². The molecule has 0 aliphatic heterocycles. The van der Waals surface area contributed by atoms with Gasteiger partial charge >= 0.3 is 0 Å². The second-order valence-electron chi connectivity index (χ2n) is 3.89. The first-order valence-corrected chi connectivity index (χ1v) is 6.97. The highest BCUT2D eigenvalue weighted by Crippen LogP contribution is 2.20. The Bertz CT molecular complexity index is 703. The van der Waals surface area contributed by atoms with Crippen molar-refractivity contribution in [1.82, 2.24) is 19.9 Å². The number of hydrogen-bond donors (Lipinski definition) is 3. The van der Waals surface area contributed by atoms with Crippen LogP contribution in [0.1, 0.15) is 5.82 Å². The van der Waals surface area contributed by atoms with Crippen LogP contribution in [0, 0.1) is 11.6 Å². The summed E-state index contributed by atoms with van der Waals surface area (Å²) in [5.74, 6) is -2.32. The van der Waals surface area contributed by atoms with Gasteiger partial charge in [0.1, 0.15) is 17.0 Å². The first kappa shape index (κ1) is 14.3. The van der Waals surface area contributed by atoms with Crippen molar-refractivity contribution in [3.63, 3.8) is 0 Å². The monoisotopic (exact) mass is 303 g/mol. The van der Waals surface area contributed by atoms with Gasteiger partial charge in [0, 0.05) is 18.7 Å². The fraction of sp³-hybridized carbons (Fsp3) is 0.200. The molecule has 7 nitrogen and oxygen atoms in total. The second kappa shape index (κ2) is 5.51. The summed E-state index contributed by atoms with van der Waals surface area (Å²) in [5, 5.41) is 6.14. The average molecular weight is 303 g/mol. The van der Waals surface area contributed by atoms with Crippen LogP contribution in [0.2, 0.25) is 0 Å². The minimum Gasteiger partial charge on any atom is -0.399 e. The zero-order valence-electron chi connectivity index (χ0n) is 10.1. The smallest absolute Gasteiger partial charge is 0.243 e. The molecule has 0 fully saturated rings. The second-order valence-corrected chi connectivity index (χ2v) is 5.63. The van der Waals surface area contributed by atoms with Crippen LogP contribution >= 0.6 is 0 Å². The van der Waals surface area contributed by atoms with Gasteiger partial charge in [-0.05, 0) is 12.1 Å². The molecular formula is C10H11F2N5O2S. The van der Waals surface area contributed by atoms with E-state index in [1.807, 2.05) is 0 Å². The van der Waals surface area contributed by atoms with E-state index in [1.54, 1.807) is 0 Å². The van der Waals surface area contributed by atoms with E-state index in [9.17, 15) is 17.2 Å². The number of nitrogens with zero attached hydrogens (tertiary/aromatic N) is 2. The van der Waals surface area contributed by atoms with Gasteiger partial charge in [-0.2, -0.15) is 5.10 Å². The Balaban J connectivity index is 2.14. The molecule has 0 saturated carbocycles. The quantitative estimate of drug-likeness (QED) is 0.682. The summed E-state index contributed by atoms with van der Waals surface area (Å²) in [7, 11) is -4.20. The summed E-state index contributed by atoms with van der Waals surface area (Å²) in [6.45, 7) is -0.0482. The van der Waals surface area contributed by atoms with Crippen molar-refractivity contribution < 1.29 is 17.2 Å². The van der Waals surface area contributed by atoms with Gasteiger partial charge in [-0.25, -0.2) is 26.9 Å². The van der Waals surface area contributed by atoms with Gasteiger partial charge in [0.2, 0.25) is 10.0 Å². The van der Waals surface area contributed by atoms with Gasteiger partial charge in [0.25, 0.3) is 0 Å². The number of nitrogens with one attached hydrogen (secondary N) is 2. The Morgan fingerprint density at radius 1 is 1.35 bits per heavy atom. The lowest BCUT2D eigenvalue weighted by molar-refractivity contribution is 0.484. The highest BCUT2D eigenvalue weighted by Gasteiger charge is 2.22. The van der Waals surface area contributed by atoms with E-state index in [4.69, 9.17) is 5.73 Å². The lowest BCUT2D eigenvalue weighted by Gasteiger charge is -2.08. The molecule has 0 radical (unpaired) electrons. The molecule has 1 heterocycles. The summed E-state index contributed by atoms with van der Waals surface area (Å²) in [6, 6.07) is 1.57. The molecule has 1 aromatic carbocycles. The molecule has 0 aliphatic carbocycles. The molecule has 10 heteroatoms. The van der Waals surface area contributed by atoms with Crippen molar-refractivity contribution in [2.45, 2.75) is 11.3 Å². The molecule has 0 amide bonds. The molecule has 0 unspecified atom stereocenters. The van der Waals surface area contributed by atoms with Gasteiger partial charge in [-0.1, -0.05) is 0 Å². The number of benzene rings is 1. The third kappa shape index (κ3) is 3.08. The number of aromatic nitrogens is 3. The Morgan fingerprint density at radius 2 is 2.10 bits per heavy atom. The number of anilines is 1. The van der Waals surface area contributed by atoms with Gasteiger partial charge in [-0.15, -0.1) is 0 Å². The van der Waals surface area contributed by atoms with Crippen LogP contribution in [0.4, 0.5) is 14.5 Å². The number of H-pyrrole nitrogens is 1. The molecule has 0 atom stereocenters. The maximum atomic E-state index is 13.5. The third-order valence-corrected chi connectivity index (χ3v) is 3.89. The number of rotatable bonds is 5. The van der Waals surface area contributed by atoms with Crippen LogP contribution < -0.4 is 10.5 Å². The summed E-state index contributed by atoms with van der Waals surface area (Å²) in [6.07, 6.45) is 1.50. The van der Waals surface area contributed by atoms with Gasteiger partial charge in [0.05, 0.1) is 0 Å². The molecule has 2 rings (SSSR count). The van der Waals surface area contributed by atoms with E-state index < -0.39 is 26.6 Å². The van der Waals surface area contributed by atoms with E-state index in [1.165, 1.54) is 6.33 Å². The third-order valence-electron chi connectivity index (χ3n) is 2.43. The van der Waals surface area contributed by atoms with E-state index in [-0.39, 0.29) is 18.7 Å². The standard InChI is InChI=1S/C10H11F2N5O2S/c11-7-3-6(13)4-8(10(7)12)20(18,19)16-2-1-9-14-5-15-17-9/h3-5,16H,1-2,13H2,(H,14,15,17). The lowest BCUT2D eigenvalue weighted by Crippen LogP contribution is -2.27.